The smallest absolute Gasteiger partial charge is 0.225 e. The molecule has 1 aromatic heterocycles. The Labute approximate surface area is 149 Å². The molecule has 1 N–H and O–H groups in total. The van der Waals surface area contributed by atoms with Crippen LogP contribution in [0, 0.1) is 5.92 Å². The lowest BCUT2D eigenvalue weighted by atomic mass is 10.1. The van der Waals surface area contributed by atoms with E-state index in [9.17, 15) is 13.2 Å². The molecule has 8 nitrogen and oxygen atoms in total. The second-order valence-electron chi connectivity index (χ2n) is 6.55. The van der Waals surface area contributed by atoms with E-state index in [4.69, 9.17) is 0 Å². The van der Waals surface area contributed by atoms with Crippen molar-refractivity contribution in [1.82, 2.24) is 19.6 Å². The maximum Gasteiger partial charge on any atom is 0.225 e. The predicted molar refractivity (Wildman–Crippen MR) is 96.7 cm³/mol. The minimum Gasteiger partial charge on any atom is -0.356 e. The largest absolute Gasteiger partial charge is 0.356 e. The molecule has 0 saturated carbocycles. The lowest BCUT2D eigenvalue weighted by Gasteiger charge is -2.33. The van der Waals surface area contributed by atoms with Crippen molar-refractivity contribution in [1.29, 1.82) is 0 Å². The van der Waals surface area contributed by atoms with Gasteiger partial charge in [0.05, 0.1) is 5.75 Å². The van der Waals surface area contributed by atoms with E-state index < -0.39 is 10.0 Å². The highest BCUT2D eigenvalue weighted by Crippen LogP contribution is 2.13. The summed E-state index contributed by atoms with van der Waals surface area (Å²) in [6.07, 6.45) is 4.25. The van der Waals surface area contributed by atoms with Crippen LogP contribution in [0.2, 0.25) is 0 Å². The lowest BCUT2D eigenvalue weighted by molar-refractivity contribution is -0.121. The summed E-state index contributed by atoms with van der Waals surface area (Å²) in [6.45, 7) is 6.36. The molecule has 0 unspecified atom stereocenters. The summed E-state index contributed by atoms with van der Waals surface area (Å²) in [5.74, 6) is 0.960. The van der Waals surface area contributed by atoms with Crippen LogP contribution in [0.15, 0.2) is 18.5 Å². The molecule has 1 aliphatic rings. The van der Waals surface area contributed by atoms with E-state index in [0.29, 0.717) is 57.4 Å². The van der Waals surface area contributed by atoms with Gasteiger partial charge >= 0.3 is 0 Å². The highest BCUT2D eigenvalue weighted by atomic mass is 32.2. The fourth-order valence-electron chi connectivity index (χ4n) is 2.68. The number of aromatic nitrogens is 2. The van der Waals surface area contributed by atoms with Crippen molar-refractivity contribution in [2.24, 2.45) is 5.92 Å². The van der Waals surface area contributed by atoms with Gasteiger partial charge in [-0.2, -0.15) is 4.31 Å². The molecule has 0 bridgehead atoms. The van der Waals surface area contributed by atoms with Crippen molar-refractivity contribution in [2.75, 3.05) is 43.4 Å². The van der Waals surface area contributed by atoms with Gasteiger partial charge in [-0.25, -0.2) is 18.4 Å². The Morgan fingerprint density at radius 3 is 2.44 bits per heavy atom. The van der Waals surface area contributed by atoms with E-state index in [2.05, 4.69) is 15.3 Å². The standard InChI is InChI=1S/C16H27N5O3S/c1-14(2)13-15(22)17-7-4-12-25(23,24)21-10-8-20(9-11-21)16-18-5-3-6-19-16/h3,5-6,14H,4,7-13H2,1-2H3,(H,17,22). The van der Waals surface area contributed by atoms with Gasteiger partial charge in [0, 0.05) is 51.5 Å². The van der Waals surface area contributed by atoms with Crippen LogP contribution in [0.3, 0.4) is 0 Å². The summed E-state index contributed by atoms with van der Waals surface area (Å²) in [7, 11) is -3.30. The Bertz CT molecular complexity index is 643. The molecule has 140 valence electrons. The van der Waals surface area contributed by atoms with Gasteiger partial charge < -0.3 is 10.2 Å². The van der Waals surface area contributed by atoms with Crippen molar-refractivity contribution < 1.29 is 13.2 Å². The Morgan fingerprint density at radius 2 is 1.84 bits per heavy atom. The van der Waals surface area contributed by atoms with E-state index in [-0.39, 0.29) is 11.7 Å². The molecule has 0 spiro atoms. The summed E-state index contributed by atoms with van der Waals surface area (Å²) < 4.78 is 26.3. The second kappa shape index (κ2) is 9.10. The van der Waals surface area contributed by atoms with Crippen LogP contribution in [-0.2, 0) is 14.8 Å². The molecule has 0 aliphatic carbocycles. The monoisotopic (exact) mass is 369 g/mol. The van der Waals surface area contributed by atoms with Crippen molar-refractivity contribution in [3.05, 3.63) is 18.5 Å². The number of carbonyl (C=O) groups excluding carboxylic acids is 1. The van der Waals surface area contributed by atoms with Gasteiger partial charge in [-0.3, -0.25) is 4.79 Å². The first-order chi connectivity index (χ1) is 11.9. The molecule has 1 aliphatic heterocycles. The second-order valence-corrected chi connectivity index (χ2v) is 8.64. The van der Waals surface area contributed by atoms with Crippen LogP contribution in [-0.4, -0.2) is 67.1 Å². The van der Waals surface area contributed by atoms with E-state index in [1.165, 1.54) is 4.31 Å². The fraction of sp³-hybridized carbons (Fsp3) is 0.688. The highest BCUT2D eigenvalue weighted by Gasteiger charge is 2.27. The molecule has 2 heterocycles. The molecule has 9 heteroatoms. The van der Waals surface area contributed by atoms with Gasteiger partial charge in [-0.05, 0) is 18.4 Å². The quantitative estimate of drug-likeness (QED) is 0.670. The molecule has 0 radical (unpaired) electrons. The minimum atomic E-state index is -3.30. The number of rotatable bonds is 8. The predicted octanol–water partition coefficient (Wildman–Crippen LogP) is 0.481. The Morgan fingerprint density at radius 1 is 1.20 bits per heavy atom. The number of nitrogens with zero attached hydrogens (tertiary/aromatic N) is 4. The van der Waals surface area contributed by atoms with Crippen molar-refractivity contribution in [3.8, 4) is 0 Å². The molecule has 1 saturated heterocycles. The topological polar surface area (TPSA) is 95.5 Å². The average Bonchev–Trinajstić information content (AvgIpc) is 2.59. The third kappa shape index (κ3) is 6.24. The first-order valence-corrected chi connectivity index (χ1v) is 10.3. The summed E-state index contributed by atoms with van der Waals surface area (Å²) in [4.78, 5) is 21.9. The van der Waals surface area contributed by atoms with Crippen LogP contribution in [0.25, 0.3) is 0 Å². The first kappa shape index (κ1) is 19.6. The van der Waals surface area contributed by atoms with Crippen LogP contribution < -0.4 is 10.2 Å². The molecule has 0 atom stereocenters. The Kier molecular flexibility index (Phi) is 7.12. The third-order valence-electron chi connectivity index (χ3n) is 3.96. The Balaban J connectivity index is 1.73. The average molecular weight is 369 g/mol. The van der Waals surface area contributed by atoms with Crippen molar-refractivity contribution in [3.63, 3.8) is 0 Å². The van der Waals surface area contributed by atoms with Gasteiger partial charge in [-0.15, -0.1) is 0 Å². The first-order valence-electron chi connectivity index (χ1n) is 8.65. The molecule has 1 amide bonds. The zero-order valence-corrected chi connectivity index (χ0v) is 15.7. The zero-order valence-electron chi connectivity index (χ0n) is 14.9. The summed E-state index contributed by atoms with van der Waals surface area (Å²) >= 11 is 0. The van der Waals surface area contributed by atoms with E-state index >= 15 is 0 Å². The summed E-state index contributed by atoms with van der Waals surface area (Å²) in [5, 5.41) is 2.77. The molecule has 25 heavy (non-hydrogen) atoms. The maximum atomic E-state index is 12.4. The van der Waals surface area contributed by atoms with Crippen molar-refractivity contribution in [2.45, 2.75) is 26.7 Å². The number of carbonyl (C=O) groups is 1. The SMILES string of the molecule is CC(C)CC(=O)NCCCS(=O)(=O)N1CCN(c2ncccn2)CC1. The zero-order chi connectivity index (χ0) is 18.3. The molecule has 1 aromatic rings. The van der Waals surface area contributed by atoms with Gasteiger partial charge in [0.25, 0.3) is 0 Å². The summed E-state index contributed by atoms with van der Waals surface area (Å²) in [6, 6.07) is 1.75. The highest BCUT2D eigenvalue weighted by molar-refractivity contribution is 7.89. The molecule has 1 fully saturated rings. The molecule has 0 aromatic carbocycles. The van der Waals surface area contributed by atoms with E-state index in [1.54, 1.807) is 18.5 Å². The van der Waals surface area contributed by atoms with Crippen LogP contribution in [0.4, 0.5) is 5.95 Å². The maximum absolute atomic E-state index is 12.4. The number of nitrogens with one attached hydrogen (secondary N) is 1. The Hall–Kier alpha value is -1.74. The number of piperazine rings is 1. The van der Waals surface area contributed by atoms with Gasteiger partial charge in [0.15, 0.2) is 0 Å². The van der Waals surface area contributed by atoms with Crippen molar-refractivity contribution >= 4 is 21.9 Å². The van der Waals surface area contributed by atoms with Gasteiger partial charge in [0.2, 0.25) is 21.9 Å². The fourth-order valence-corrected chi connectivity index (χ4v) is 4.16. The normalized spacial score (nSPS) is 16.2. The number of amides is 1. The molecular weight excluding hydrogens is 342 g/mol. The number of sulfonamides is 1. The molecular formula is C16H27N5O3S. The number of hydrogen-bond acceptors (Lipinski definition) is 6. The lowest BCUT2D eigenvalue weighted by Crippen LogP contribution is -2.49. The third-order valence-corrected chi connectivity index (χ3v) is 5.92. The number of anilines is 1. The van der Waals surface area contributed by atoms with Gasteiger partial charge in [0.1, 0.15) is 0 Å². The minimum absolute atomic E-state index is 0.0242. The van der Waals surface area contributed by atoms with Gasteiger partial charge in [-0.1, -0.05) is 13.8 Å². The van der Waals surface area contributed by atoms with Crippen LogP contribution in [0.1, 0.15) is 26.7 Å². The molecule has 2 rings (SSSR count). The van der Waals surface area contributed by atoms with Crippen LogP contribution >= 0.6 is 0 Å². The number of hydrogen-bond donors (Lipinski definition) is 1. The van der Waals surface area contributed by atoms with Crippen LogP contribution in [0.5, 0.6) is 0 Å². The summed E-state index contributed by atoms with van der Waals surface area (Å²) in [5.41, 5.74) is 0. The van der Waals surface area contributed by atoms with E-state index in [0.717, 1.165) is 0 Å². The van der Waals surface area contributed by atoms with E-state index in [1.807, 2.05) is 18.7 Å².